The number of carbonyl (C=O) groups excluding carboxylic acids is 1. The van der Waals surface area contributed by atoms with E-state index >= 15 is 0 Å². The first-order valence-corrected chi connectivity index (χ1v) is 10.1. The molecular weight excluding hydrogens is 430 g/mol. The van der Waals surface area contributed by atoms with Gasteiger partial charge < -0.3 is 14.8 Å². The van der Waals surface area contributed by atoms with Gasteiger partial charge in [-0.2, -0.15) is 4.98 Å². The van der Waals surface area contributed by atoms with Crippen LogP contribution in [0.5, 0.6) is 6.01 Å². The minimum Gasteiger partial charge on any atom is -0.460 e. The predicted molar refractivity (Wildman–Crippen MR) is 118 cm³/mol. The molecule has 0 fully saturated rings. The second-order valence-corrected chi connectivity index (χ2v) is 6.99. The topological polar surface area (TPSA) is 78.3 Å². The van der Waals surface area contributed by atoms with Gasteiger partial charge in [-0.25, -0.2) is 13.5 Å². The number of ether oxygens (including phenoxy) is 2. The average molecular weight is 450 g/mol. The zero-order chi connectivity index (χ0) is 23.2. The normalized spacial score (nSPS) is 10.8. The molecule has 1 amide bonds. The summed E-state index contributed by atoms with van der Waals surface area (Å²) in [5, 5.41) is 7.20. The first kappa shape index (κ1) is 22.1. The van der Waals surface area contributed by atoms with Crippen LogP contribution in [0.4, 0.5) is 14.5 Å². The number of aromatic nitrogens is 3. The van der Waals surface area contributed by atoms with Gasteiger partial charge in [-0.1, -0.05) is 6.07 Å². The summed E-state index contributed by atoms with van der Waals surface area (Å²) in [4.78, 5) is 16.9. The molecule has 0 bridgehead atoms. The molecule has 0 aliphatic rings. The van der Waals surface area contributed by atoms with Crippen LogP contribution in [0.3, 0.4) is 0 Å². The lowest BCUT2D eigenvalue weighted by Gasteiger charge is -2.09. The summed E-state index contributed by atoms with van der Waals surface area (Å²) in [5.74, 6) is -0.735. The number of nitrogens with one attached hydrogen (secondary N) is 1. The van der Waals surface area contributed by atoms with Gasteiger partial charge in [0.25, 0.3) is 5.91 Å². The second kappa shape index (κ2) is 10.0. The third-order valence-electron chi connectivity index (χ3n) is 4.66. The molecule has 33 heavy (non-hydrogen) atoms. The summed E-state index contributed by atoms with van der Waals surface area (Å²) in [6, 6.07) is 18.2. The molecule has 0 aliphatic heterocycles. The zero-order valence-corrected chi connectivity index (χ0v) is 17.7. The molecule has 4 rings (SSSR count). The monoisotopic (exact) mass is 450 g/mol. The number of amides is 1. The summed E-state index contributed by atoms with van der Waals surface area (Å²) in [6.07, 6.45) is 0. The molecule has 0 radical (unpaired) electrons. The third-order valence-corrected chi connectivity index (χ3v) is 4.66. The number of benzene rings is 3. The van der Waals surface area contributed by atoms with Crippen molar-refractivity contribution in [2.24, 2.45) is 0 Å². The predicted octanol–water partition coefficient (Wildman–Crippen LogP) is 4.49. The standard InChI is InChI=1S/C24H20F2N4O3/c1-32-13-14-33-24-28-22(16-5-9-18(25)10-6-16)30(29-24)21-4-2-3-20(15-21)27-23(31)17-7-11-19(26)12-8-17/h2-12,15H,13-14H2,1H3,(H,27,31). The highest BCUT2D eigenvalue weighted by Gasteiger charge is 2.16. The van der Waals surface area contributed by atoms with Crippen LogP contribution in [-0.4, -0.2) is 41.0 Å². The van der Waals surface area contributed by atoms with Crippen LogP contribution in [0.1, 0.15) is 10.4 Å². The molecule has 3 aromatic carbocycles. The van der Waals surface area contributed by atoms with Crippen LogP contribution in [0.25, 0.3) is 17.1 Å². The van der Waals surface area contributed by atoms with Crippen molar-refractivity contribution in [2.45, 2.75) is 0 Å². The van der Waals surface area contributed by atoms with Crippen molar-refractivity contribution in [2.75, 3.05) is 25.6 Å². The van der Waals surface area contributed by atoms with E-state index in [0.29, 0.717) is 34.9 Å². The zero-order valence-electron chi connectivity index (χ0n) is 17.7. The highest BCUT2D eigenvalue weighted by molar-refractivity contribution is 6.04. The lowest BCUT2D eigenvalue weighted by Crippen LogP contribution is -2.12. The van der Waals surface area contributed by atoms with Gasteiger partial charge in [0.05, 0.1) is 12.3 Å². The molecule has 0 atom stereocenters. The van der Waals surface area contributed by atoms with E-state index in [1.165, 1.54) is 36.4 Å². The summed E-state index contributed by atoms with van der Waals surface area (Å²) < 4.78 is 38.7. The van der Waals surface area contributed by atoms with E-state index < -0.39 is 5.82 Å². The Morgan fingerprint density at radius 2 is 1.67 bits per heavy atom. The fraction of sp³-hybridized carbons (Fsp3) is 0.125. The van der Waals surface area contributed by atoms with Gasteiger partial charge in [-0.15, -0.1) is 5.10 Å². The van der Waals surface area contributed by atoms with Crippen molar-refractivity contribution in [3.8, 4) is 23.1 Å². The van der Waals surface area contributed by atoms with E-state index in [1.807, 2.05) is 0 Å². The Morgan fingerprint density at radius 3 is 2.36 bits per heavy atom. The molecule has 1 heterocycles. The number of carbonyl (C=O) groups is 1. The largest absolute Gasteiger partial charge is 0.460 e. The van der Waals surface area contributed by atoms with Crippen molar-refractivity contribution in [1.29, 1.82) is 0 Å². The lowest BCUT2D eigenvalue weighted by atomic mass is 10.2. The van der Waals surface area contributed by atoms with Crippen LogP contribution in [0.2, 0.25) is 0 Å². The number of anilines is 1. The Hall–Kier alpha value is -4.11. The first-order chi connectivity index (χ1) is 16.0. The van der Waals surface area contributed by atoms with Crippen molar-refractivity contribution in [3.63, 3.8) is 0 Å². The van der Waals surface area contributed by atoms with Gasteiger partial charge in [-0.05, 0) is 66.7 Å². The summed E-state index contributed by atoms with van der Waals surface area (Å²) in [7, 11) is 1.56. The van der Waals surface area contributed by atoms with Crippen LogP contribution in [0.15, 0.2) is 72.8 Å². The van der Waals surface area contributed by atoms with Gasteiger partial charge in [-0.3, -0.25) is 4.79 Å². The molecule has 0 saturated heterocycles. The Morgan fingerprint density at radius 1 is 0.970 bits per heavy atom. The number of halogens is 2. The third kappa shape index (κ3) is 5.39. The Labute approximate surface area is 188 Å². The number of rotatable bonds is 8. The van der Waals surface area contributed by atoms with Crippen LogP contribution >= 0.6 is 0 Å². The Kier molecular flexibility index (Phi) is 6.70. The molecule has 0 aliphatic carbocycles. The lowest BCUT2D eigenvalue weighted by molar-refractivity contribution is 0.102. The number of hydrogen-bond acceptors (Lipinski definition) is 5. The summed E-state index contributed by atoms with van der Waals surface area (Å²) in [5.41, 5.74) is 2.05. The van der Waals surface area contributed by atoms with Crippen LogP contribution < -0.4 is 10.1 Å². The maximum absolute atomic E-state index is 13.4. The van der Waals surface area contributed by atoms with Gasteiger partial charge >= 0.3 is 6.01 Å². The number of hydrogen-bond donors (Lipinski definition) is 1. The smallest absolute Gasteiger partial charge is 0.336 e. The Bertz CT molecular complexity index is 1240. The summed E-state index contributed by atoms with van der Waals surface area (Å²) >= 11 is 0. The molecule has 1 N–H and O–H groups in total. The van der Waals surface area contributed by atoms with E-state index in [-0.39, 0.29) is 24.3 Å². The number of nitrogens with zero attached hydrogens (tertiary/aromatic N) is 3. The highest BCUT2D eigenvalue weighted by atomic mass is 19.1. The minimum atomic E-state index is -0.420. The molecule has 9 heteroatoms. The molecule has 168 valence electrons. The van der Waals surface area contributed by atoms with Crippen molar-refractivity contribution in [1.82, 2.24) is 14.8 Å². The van der Waals surface area contributed by atoms with E-state index in [9.17, 15) is 13.6 Å². The number of methoxy groups -OCH3 is 1. The second-order valence-electron chi connectivity index (χ2n) is 6.99. The maximum Gasteiger partial charge on any atom is 0.336 e. The summed E-state index contributed by atoms with van der Waals surface area (Å²) in [6.45, 7) is 0.627. The molecule has 0 unspecified atom stereocenters. The van der Waals surface area contributed by atoms with Gasteiger partial charge in [0.15, 0.2) is 5.82 Å². The van der Waals surface area contributed by atoms with Crippen LogP contribution in [0, 0.1) is 11.6 Å². The average Bonchev–Trinajstić information content (AvgIpc) is 3.24. The van der Waals surface area contributed by atoms with E-state index in [1.54, 1.807) is 48.2 Å². The molecular formula is C24H20F2N4O3. The molecule has 0 saturated carbocycles. The molecule has 0 spiro atoms. The minimum absolute atomic E-state index is 0.132. The Balaban J connectivity index is 1.65. The van der Waals surface area contributed by atoms with Crippen LogP contribution in [-0.2, 0) is 4.74 Å². The van der Waals surface area contributed by atoms with E-state index in [2.05, 4.69) is 15.4 Å². The molecule has 1 aromatic heterocycles. The molecule has 7 nitrogen and oxygen atoms in total. The fourth-order valence-electron chi connectivity index (χ4n) is 3.06. The first-order valence-electron chi connectivity index (χ1n) is 10.1. The maximum atomic E-state index is 13.4. The quantitative estimate of drug-likeness (QED) is 0.400. The van der Waals surface area contributed by atoms with Gasteiger partial charge in [0.1, 0.15) is 18.2 Å². The molecule has 4 aromatic rings. The van der Waals surface area contributed by atoms with Crippen molar-refractivity contribution < 1.29 is 23.0 Å². The van der Waals surface area contributed by atoms with Gasteiger partial charge in [0, 0.05) is 23.9 Å². The SMILES string of the molecule is COCCOc1nc(-c2ccc(F)cc2)n(-c2cccc(NC(=O)c3ccc(F)cc3)c2)n1. The fourth-order valence-corrected chi connectivity index (χ4v) is 3.06. The van der Waals surface area contributed by atoms with E-state index in [4.69, 9.17) is 9.47 Å². The van der Waals surface area contributed by atoms with Gasteiger partial charge in [0.2, 0.25) is 0 Å². The van der Waals surface area contributed by atoms with E-state index in [0.717, 1.165) is 0 Å². The highest BCUT2D eigenvalue weighted by Crippen LogP contribution is 2.25. The van der Waals surface area contributed by atoms with Crippen molar-refractivity contribution >= 4 is 11.6 Å². The van der Waals surface area contributed by atoms with Crippen molar-refractivity contribution in [3.05, 3.63) is 90.0 Å².